The summed E-state index contributed by atoms with van der Waals surface area (Å²) in [5.74, 6) is -0.154. The molecule has 114 valence electrons. The minimum atomic E-state index is -0.218. The molecule has 0 saturated carbocycles. The Kier molecular flexibility index (Phi) is 4.61. The average molecular weight is 410 g/mol. The van der Waals surface area contributed by atoms with Crippen LogP contribution in [0.1, 0.15) is 10.4 Å². The summed E-state index contributed by atoms with van der Waals surface area (Å²) in [7, 11) is 0. The van der Waals surface area contributed by atoms with Crippen LogP contribution in [0.3, 0.4) is 0 Å². The third kappa shape index (κ3) is 3.40. The van der Waals surface area contributed by atoms with E-state index in [0.717, 1.165) is 27.9 Å². The second-order valence-corrected chi connectivity index (χ2v) is 6.52. The van der Waals surface area contributed by atoms with Crippen molar-refractivity contribution in [2.45, 2.75) is 0 Å². The van der Waals surface area contributed by atoms with Crippen molar-refractivity contribution in [3.05, 3.63) is 63.5 Å². The summed E-state index contributed by atoms with van der Waals surface area (Å²) in [6.45, 7) is 2.75. The van der Waals surface area contributed by atoms with Gasteiger partial charge >= 0.3 is 0 Å². The number of hydrogen-bond acceptors (Lipinski definition) is 2. The number of carbonyl (C=O) groups excluding carboxylic acids is 1. The maximum Gasteiger partial charge on any atom is 0.253 e. The molecule has 0 N–H and O–H groups in total. The maximum atomic E-state index is 13.5. The SMILES string of the molecule is O=C(c1ccccc1)N1CCN(c2cc(F)cc(I)c2)CC1. The lowest BCUT2D eigenvalue weighted by atomic mass is 10.1. The molecule has 0 atom stereocenters. The van der Waals surface area contributed by atoms with E-state index in [9.17, 15) is 9.18 Å². The van der Waals surface area contributed by atoms with Gasteiger partial charge in [0.15, 0.2) is 0 Å². The van der Waals surface area contributed by atoms with Crippen molar-refractivity contribution >= 4 is 34.2 Å². The lowest BCUT2D eigenvalue weighted by Gasteiger charge is -2.36. The zero-order valence-corrected chi connectivity index (χ0v) is 14.2. The van der Waals surface area contributed by atoms with Gasteiger partial charge < -0.3 is 9.80 Å². The molecule has 2 aromatic rings. The molecule has 3 nitrogen and oxygen atoms in total. The first-order valence-corrected chi connectivity index (χ1v) is 8.27. The largest absolute Gasteiger partial charge is 0.368 e. The third-order valence-electron chi connectivity index (χ3n) is 3.80. The first-order valence-electron chi connectivity index (χ1n) is 7.19. The van der Waals surface area contributed by atoms with E-state index in [1.807, 2.05) is 41.3 Å². The molecule has 2 aromatic carbocycles. The predicted octanol–water partition coefficient (Wildman–Crippen LogP) is 3.39. The Morgan fingerprint density at radius 2 is 1.68 bits per heavy atom. The van der Waals surface area contributed by atoms with E-state index in [1.54, 1.807) is 6.07 Å². The van der Waals surface area contributed by atoms with Crippen LogP contribution in [0.2, 0.25) is 0 Å². The zero-order chi connectivity index (χ0) is 15.5. The number of benzene rings is 2. The second kappa shape index (κ2) is 6.64. The Morgan fingerprint density at radius 3 is 2.32 bits per heavy atom. The molecule has 0 aliphatic carbocycles. The quantitative estimate of drug-likeness (QED) is 0.709. The molecule has 22 heavy (non-hydrogen) atoms. The van der Waals surface area contributed by atoms with Crippen molar-refractivity contribution in [1.29, 1.82) is 0 Å². The van der Waals surface area contributed by atoms with E-state index >= 15 is 0 Å². The summed E-state index contributed by atoms with van der Waals surface area (Å²) in [5.41, 5.74) is 1.60. The van der Waals surface area contributed by atoms with Gasteiger partial charge in [0.1, 0.15) is 5.82 Å². The zero-order valence-electron chi connectivity index (χ0n) is 12.0. The molecule has 1 amide bonds. The molecule has 1 heterocycles. The van der Waals surface area contributed by atoms with Gasteiger partial charge in [-0.1, -0.05) is 18.2 Å². The number of anilines is 1. The Hall–Kier alpha value is -1.63. The summed E-state index contributed by atoms with van der Waals surface area (Å²) >= 11 is 2.12. The number of hydrogen-bond donors (Lipinski definition) is 0. The molecule has 1 fully saturated rings. The monoisotopic (exact) mass is 410 g/mol. The van der Waals surface area contributed by atoms with Gasteiger partial charge in [-0.15, -0.1) is 0 Å². The topological polar surface area (TPSA) is 23.6 Å². The van der Waals surface area contributed by atoms with E-state index < -0.39 is 0 Å². The smallest absolute Gasteiger partial charge is 0.253 e. The number of carbonyl (C=O) groups is 1. The van der Waals surface area contributed by atoms with Gasteiger partial charge in [0.05, 0.1) is 0 Å². The summed E-state index contributed by atoms with van der Waals surface area (Å²) in [5, 5.41) is 0. The minimum absolute atomic E-state index is 0.0640. The van der Waals surface area contributed by atoms with Crippen LogP contribution in [0.5, 0.6) is 0 Å². The van der Waals surface area contributed by atoms with Gasteiger partial charge in [-0.05, 0) is 52.9 Å². The highest BCUT2D eigenvalue weighted by molar-refractivity contribution is 14.1. The van der Waals surface area contributed by atoms with Crippen LogP contribution < -0.4 is 4.90 Å². The molecule has 0 bridgehead atoms. The molecule has 0 unspecified atom stereocenters. The van der Waals surface area contributed by atoms with Gasteiger partial charge in [0.2, 0.25) is 0 Å². The summed E-state index contributed by atoms with van der Waals surface area (Å²) in [6.07, 6.45) is 0. The first kappa shape index (κ1) is 15.3. The van der Waals surface area contributed by atoms with E-state index in [2.05, 4.69) is 27.5 Å². The van der Waals surface area contributed by atoms with Gasteiger partial charge in [-0.3, -0.25) is 4.79 Å². The number of piperazine rings is 1. The van der Waals surface area contributed by atoms with Crippen LogP contribution in [-0.2, 0) is 0 Å². The van der Waals surface area contributed by atoms with Gasteiger partial charge in [0.25, 0.3) is 5.91 Å². The molecule has 1 saturated heterocycles. The van der Waals surface area contributed by atoms with Gasteiger partial charge in [-0.2, -0.15) is 0 Å². The maximum absolute atomic E-state index is 13.5. The van der Waals surface area contributed by atoms with Crippen LogP contribution >= 0.6 is 22.6 Å². The normalized spacial score (nSPS) is 15.0. The lowest BCUT2D eigenvalue weighted by molar-refractivity contribution is 0.0747. The molecule has 1 aliphatic heterocycles. The van der Waals surface area contributed by atoms with Crippen LogP contribution in [-0.4, -0.2) is 37.0 Å². The second-order valence-electron chi connectivity index (χ2n) is 5.27. The molecular weight excluding hydrogens is 394 g/mol. The first-order chi connectivity index (χ1) is 10.6. The number of rotatable bonds is 2. The summed E-state index contributed by atoms with van der Waals surface area (Å²) in [4.78, 5) is 16.4. The Labute approximate surface area is 142 Å². The summed E-state index contributed by atoms with van der Waals surface area (Å²) < 4.78 is 14.4. The van der Waals surface area contributed by atoms with Crippen molar-refractivity contribution in [2.75, 3.05) is 31.1 Å². The van der Waals surface area contributed by atoms with Gasteiger partial charge in [-0.25, -0.2) is 4.39 Å². The van der Waals surface area contributed by atoms with E-state index in [-0.39, 0.29) is 11.7 Å². The number of nitrogens with zero attached hydrogens (tertiary/aromatic N) is 2. The van der Waals surface area contributed by atoms with Crippen molar-refractivity contribution in [3.8, 4) is 0 Å². The highest BCUT2D eigenvalue weighted by Gasteiger charge is 2.22. The van der Waals surface area contributed by atoms with E-state index in [0.29, 0.717) is 13.1 Å². The van der Waals surface area contributed by atoms with Crippen LogP contribution in [0, 0.1) is 9.39 Å². The fourth-order valence-electron chi connectivity index (χ4n) is 2.65. The van der Waals surface area contributed by atoms with Crippen LogP contribution in [0.25, 0.3) is 0 Å². The van der Waals surface area contributed by atoms with Crippen molar-refractivity contribution < 1.29 is 9.18 Å². The lowest BCUT2D eigenvalue weighted by Crippen LogP contribution is -2.48. The Morgan fingerprint density at radius 1 is 1.00 bits per heavy atom. The standard InChI is InChI=1S/C17H16FIN2O/c18-14-10-15(19)12-16(11-14)20-6-8-21(9-7-20)17(22)13-4-2-1-3-5-13/h1-5,10-12H,6-9H2. The molecule has 0 aromatic heterocycles. The minimum Gasteiger partial charge on any atom is -0.368 e. The fourth-order valence-corrected chi connectivity index (χ4v) is 3.27. The van der Waals surface area contributed by atoms with Crippen LogP contribution in [0.4, 0.5) is 10.1 Å². The molecule has 3 rings (SSSR count). The van der Waals surface area contributed by atoms with E-state index in [1.165, 1.54) is 6.07 Å². The van der Waals surface area contributed by atoms with Crippen molar-refractivity contribution in [3.63, 3.8) is 0 Å². The van der Waals surface area contributed by atoms with Gasteiger partial charge in [0, 0.05) is 41.0 Å². The molecular formula is C17H16FIN2O. The fraction of sp³-hybridized carbons (Fsp3) is 0.235. The predicted molar refractivity (Wildman–Crippen MR) is 93.7 cm³/mol. The molecule has 1 aliphatic rings. The highest BCUT2D eigenvalue weighted by Crippen LogP contribution is 2.21. The summed E-state index contributed by atoms with van der Waals surface area (Å²) in [6, 6.07) is 14.4. The van der Waals surface area contributed by atoms with E-state index in [4.69, 9.17) is 0 Å². The molecule has 5 heteroatoms. The Bertz CT molecular complexity index is 649. The van der Waals surface area contributed by atoms with Crippen molar-refractivity contribution in [1.82, 2.24) is 4.90 Å². The molecule has 0 radical (unpaired) electrons. The molecule has 0 spiro atoms. The number of halogens is 2. The highest BCUT2D eigenvalue weighted by atomic mass is 127. The van der Waals surface area contributed by atoms with Crippen LogP contribution in [0.15, 0.2) is 48.5 Å². The average Bonchev–Trinajstić information content (AvgIpc) is 2.54. The Balaban J connectivity index is 1.66. The number of amides is 1. The third-order valence-corrected chi connectivity index (χ3v) is 4.42. The van der Waals surface area contributed by atoms with Crippen molar-refractivity contribution in [2.24, 2.45) is 0 Å².